The first kappa shape index (κ1) is 15.0. The molecular weight excluding hydrogens is 267 g/mol. The van der Waals surface area contributed by atoms with Crippen LogP contribution in [0, 0.1) is 0 Å². The quantitative estimate of drug-likeness (QED) is 0.782. The molecule has 0 aliphatic carbocycles. The summed E-state index contributed by atoms with van der Waals surface area (Å²) < 4.78 is 40.8. The number of nitrogens with one attached hydrogen (secondary N) is 2. The lowest BCUT2D eigenvalue weighted by molar-refractivity contribution is -0.175. The highest BCUT2D eigenvalue weighted by Crippen LogP contribution is 2.13. The number of amides is 2. The van der Waals surface area contributed by atoms with Crippen molar-refractivity contribution in [3.8, 4) is 0 Å². The summed E-state index contributed by atoms with van der Waals surface area (Å²) in [7, 11) is 1.63. The Morgan fingerprint density at radius 3 is 2.58 bits per heavy atom. The summed E-state index contributed by atoms with van der Waals surface area (Å²) in [6, 6.07) is 3.14. The van der Waals surface area contributed by atoms with Gasteiger partial charge in [-0.2, -0.15) is 13.2 Å². The van der Waals surface area contributed by atoms with Crippen LogP contribution in [0.5, 0.6) is 0 Å². The molecule has 2 amide bonds. The molecule has 1 heterocycles. The van der Waals surface area contributed by atoms with E-state index in [0.717, 1.165) is 0 Å². The van der Waals surface area contributed by atoms with E-state index in [-0.39, 0.29) is 5.69 Å². The lowest BCUT2D eigenvalue weighted by Crippen LogP contribution is -2.44. The van der Waals surface area contributed by atoms with Crippen molar-refractivity contribution in [1.29, 1.82) is 0 Å². The number of aryl methyl sites for hydroxylation is 1. The molecule has 0 saturated carbocycles. The minimum absolute atomic E-state index is 0.288. The minimum atomic E-state index is -4.49. The number of nitrogens with zero attached hydrogens (tertiary/aromatic N) is 1. The van der Waals surface area contributed by atoms with E-state index in [1.165, 1.54) is 10.6 Å². The van der Waals surface area contributed by atoms with Crippen LogP contribution in [0.2, 0.25) is 0 Å². The van der Waals surface area contributed by atoms with Gasteiger partial charge in [0.1, 0.15) is 18.9 Å². The summed E-state index contributed by atoms with van der Waals surface area (Å²) in [5.74, 6) is -1.47. The Balaban J connectivity index is 2.27. The molecule has 1 aromatic heterocycles. The fourth-order valence-electron chi connectivity index (χ4n) is 1.18. The topological polar surface area (TPSA) is 72.4 Å². The van der Waals surface area contributed by atoms with E-state index < -0.39 is 31.2 Å². The van der Waals surface area contributed by atoms with Gasteiger partial charge in [0.05, 0.1) is 0 Å². The first-order chi connectivity index (χ1) is 8.79. The highest BCUT2D eigenvalue weighted by atomic mass is 19.4. The molecular formula is C10H12F3N3O3. The number of alkyl halides is 3. The van der Waals surface area contributed by atoms with Crippen molar-refractivity contribution in [3.05, 3.63) is 24.0 Å². The van der Waals surface area contributed by atoms with Gasteiger partial charge in [-0.3, -0.25) is 20.4 Å². The highest BCUT2D eigenvalue weighted by molar-refractivity contribution is 5.94. The Morgan fingerprint density at radius 1 is 1.37 bits per heavy atom. The third-order valence-electron chi connectivity index (χ3n) is 1.99. The van der Waals surface area contributed by atoms with Crippen LogP contribution in [0.3, 0.4) is 0 Å². The maximum absolute atomic E-state index is 11.7. The maximum atomic E-state index is 11.7. The van der Waals surface area contributed by atoms with E-state index in [0.29, 0.717) is 0 Å². The van der Waals surface area contributed by atoms with Crippen molar-refractivity contribution in [2.75, 3.05) is 13.2 Å². The normalized spacial score (nSPS) is 11.2. The molecule has 0 radical (unpaired) electrons. The number of carbonyl (C=O) groups excluding carboxylic acids is 2. The summed E-state index contributed by atoms with van der Waals surface area (Å²) in [5.41, 5.74) is 4.28. The number of ether oxygens (including phenoxy) is 1. The Hall–Kier alpha value is -2.03. The third-order valence-corrected chi connectivity index (χ3v) is 1.99. The molecule has 2 N–H and O–H groups in total. The standard InChI is InChI=1S/C10H12F3N3O3/c1-16-4-2-3-7(16)9(18)15-14-8(17)5-19-6-10(11,12)13/h2-4H,5-6H2,1H3,(H,14,17)(H,15,18). The van der Waals surface area contributed by atoms with E-state index in [9.17, 15) is 22.8 Å². The maximum Gasteiger partial charge on any atom is 0.411 e. The number of hydrogen-bond acceptors (Lipinski definition) is 3. The first-order valence-electron chi connectivity index (χ1n) is 5.14. The second kappa shape index (κ2) is 6.23. The van der Waals surface area contributed by atoms with Gasteiger partial charge >= 0.3 is 6.18 Å². The molecule has 0 spiro atoms. The molecule has 0 aromatic carbocycles. The predicted octanol–water partition coefficient (Wildman–Crippen LogP) is 0.365. The molecule has 106 valence electrons. The van der Waals surface area contributed by atoms with Gasteiger partial charge in [-0.25, -0.2) is 0 Å². The van der Waals surface area contributed by atoms with Crippen LogP contribution < -0.4 is 10.9 Å². The molecule has 6 nitrogen and oxygen atoms in total. The van der Waals surface area contributed by atoms with Gasteiger partial charge in [0, 0.05) is 13.2 Å². The lowest BCUT2D eigenvalue weighted by atomic mass is 10.4. The Morgan fingerprint density at radius 2 is 2.05 bits per heavy atom. The number of hydrogen-bond donors (Lipinski definition) is 2. The minimum Gasteiger partial charge on any atom is -0.362 e. The predicted molar refractivity (Wildman–Crippen MR) is 57.9 cm³/mol. The van der Waals surface area contributed by atoms with Crippen molar-refractivity contribution in [3.63, 3.8) is 0 Å². The third kappa shape index (κ3) is 5.42. The van der Waals surface area contributed by atoms with Gasteiger partial charge < -0.3 is 9.30 Å². The number of carbonyl (C=O) groups is 2. The molecule has 9 heteroatoms. The molecule has 0 unspecified atom stereocenters. The molecule has 19 heavy (non-hydrogen) atoms. The van der Waals surface area contributed by atoms with Crippen LogP contribution in [0.1, 0.15) is 10.5 Å². The molecule has 0 fully saturated rings. The van der Waals surface area contributed by atoms with Crippen LogP contribution in [0.25, 0.3) is 0 Å². The molecule has 0 saturated heterocycles. The van der Waals surface area contributed by atoms with E-state index in [1.807, 2.05) is 5.43 Å². The van der Waals surface area contributed by atoms with Gasteiger partial charge in [-0.05, 0) is 12.1 Å². The van der Waals surface area contributed by atoms with Gasteiger partial charge in [-0.1, -0.05) is 0 Å². The zero-order valence-electron chi connectivity index (χ0n) is 9.95. The summed E-state index contributed by atoms with van der Waals surface area (Å²) in [6.45, 7) is -2.32. The average Bonchev–Trinajstić information content (AvgIpc) is 2.70. The van der Waals surface area contributed by atoms with E-state index in [1.54, 1.807) is 19.3 Å². The highest BCUT2D eigenvalue weighted by Gasteiger charge is 2.27. The van der Waals surface area contributed by atoms with Crippen LogP contribution in [0.15, 0.2) is 18.3 Å². The van der Waals surface area contributed by atoms with E-state index in [4.69, 9.17) is 0 Å². The van der Waals surface area contributed by atoms with Crippen molar-refractivity contribution >= 4 is 11.8 Å². The number of halogens is 3. The molecule has 0 aliphatic rings. The van der Waals surface area contributed by atoms with Crippen molar-refractivity contribution in [2.45, 2.75) is 6.18 Å². The molecule has 0 aliphatic heterocycles. The molecule has 0 atom stereocenters. The van der Waals surface area contributed by atoms with E-state index >= 15 is 0 Å². The Kier molecular flexibility index (Phi) is 4.93. The summed E-state index contributed by atoms with van der Waals surface area (Å²) in [5, 5.41) is 0. The second-order valence-electron chi connectivity index (χ2n) is 3.61. The molecule has 1 rings (SSSR count). The lowest BCUT2D eigenvalue weighted by Gasteiger charge is -2.09. The Labute approximate surface area is 106 Å². The SMILES string of the molecule is Cn1cccc1C(=O)NNC(=O)COCC(F)(F)F. The fraction of sp³-hybridized carbons (Fsp3) is 0.400. The largest absolute Gasteiger partial charge is 0.411 e. The molecule has 0 bridgehead atoms. The van der Waals surface area contributed by atoms with Gasteiger partial charge in [0.15, 0.2) is 0 Å². The van der Waals surface area contributed by atoms with E-state index in [2.05, 4.69) is 10.2 Å². The second-order valence-corrected chi connectivity index (χ2v) is 3.61. The number of hydrazine groups is 1. The first-order valence-corrected chi connectivity index (χ1v) is 5.14. The summed E-state index contributed by atoms with van der Waals surface area (Å²) in [4.78, 5) is 22.6. The smallest absolute Gasteiger partial charge is 0.362 e. The molecule has 1 aromatic rings. The summed E-state index contributed by atoms with van der Waals surface area (Å²) in [6.07, 6.45) is -2.87. The van der Waals surface area contributed by atoms with Crippen LogP contribution in [-0.2, 0) is 16.6 Å². The van der Waals surface area contributed by atoms with Gasteiger partial charge in [0.25, 0.3) is 11.8 Å². The Bertz CT molecular complexity index is 456. The van der Waals surface area contributed by atoms with Gasteiger partial charge in [-0.15, -0.1) is 0 Å². The van der Waals surface area contributed by atoms with Gasteiger partial charge in [0.2, 0.25) is 0 Å². The van der Waals surface area contributed by atoms with Crippen LogP contribution in [0.4, 0.5) is 13.2 Å². The number of aromatic nitrogens is 1. The summed E-state index contributed by atoms with van der Waals surface area (Å²) >= 11 is 0. The average molecular weight is 279 g/mol. The van der Waals surface area contributed by atoms with Crippen LogP contribution >= 0.6 is 0 Å². The van der Waals surface area contributed by atoms with Crippen molar-refractivity contribution < 1.29 is 27.5 Å². The van der Waals surface area contributed by atoms with Crippen LogP contribution in [-0.4, -0.2) is 35.8 Å². The number of rotatable bonds is 4. The van der Waals surface area contributed by atoms with Crippen molar-refractivity contribution in [2.24, 2.45) is 7.05 Å². The van der Waals surface area contributed by atoms with Crippen molar-refractivity contribution in [1.82, 2.24) is 15.4 Å². The zero-order valence-corrected chi connectivity index (χ0v) is 9.95. The fourth-order valence-corrected chi connectivity index (χ4v) is 1.18. The zero-order chi connectivity index (χ0) is 14.5. The monoisotopic (exact) mass is 279 g/mol.